The third-order valence-corrected chi connectivity index (χ3v) is 4.80. The van der Waals surface area contributed by atoms with Gasteiger partial charge in [-0.1, -0.05) is 12.1 Å². The number of aromatic hydroxyl groups is 1. The molecule has 20 heavy (non-hydrogen) atoms. The molecule has 1 aromatic heterocycles. The van der Waals surface area contributed by atoms with Crippen LogP contribution in [0, 0.1) is 2.88 Å². The first kappa shape index (κ1) is 15.3. The minimum atomic E-state index is -0.0117. The predicted octanol–water partition coefficient (Wildman–Crippen LogP) is 3.81. The van der Waals surface area contributed by atoms with Crippen LogP contribution in [-0.2, 0) is 6.42 Å². The van der Waals surface area contributed by atoms with E-state index in [4.69, 9.17) is 0 Å². The molecule has 0 aliphatic rings. The number of hydrogen-bond donors (Lipinski definition) is 2. The van der Waals surface area contributed by atoms with Crippen LogP contribution in [0.4, 0.5) is 0 Å². The van der Waals surface area contributed by atoms with Crippen molar-refractivity contribution in [2.24, 2.45) is 0 Å². The Labute approximate surface area is 136 Å². The molecule has 1 unspecified atom stereocenters. The zero-order valence-corrected chi connectivity index (χ0v) is 14.1. The molecule has 1 amide bonds. The summed E-state index contributed by atoms with van der Waals surface area (Å²) in [6.07, 6.45) is 1.75. The maximum Gasteiger partial charge on any atom is 0.252 e. The minimum Gasteiger partial charge on any atom is -0.508 e. The van der Waals surface area contributed by atoms with Gasteiger partial charge in [-0.05, 0) is 66.1 Å². The third-order valence-electron chi connectivity index (χ3n) is 3.01. The summed E-state index contributed by atoms with van der Waals surface area (Å²) in [5.74, 6) is 0.268. The van der Waals surface area contributed by atoms with Crippen LogP contribution in [0.25, 0.3) is 0 Å². The number of amides is 1. The second kappa shape index (κ2) is 7.08. The van der Waals surface area contributed by atoms with Crippen molar-refractivity contribution in [3.05, 3.63) is 49.7 Å². The van der Waals surface area contributed by atoms with Crippen molar-refractivity contribution in [3.63, 3.8) is 0 Å². The summed E-state index contributed by atoms with van der Waals surface area (Å²) >= 11 is 3.79. The number of nitrogens with one attached hydrogen (secondary N) is 1. The summed E-state index contributed by atoms with van der Waals surface area (Å²) in [7, 11) is 0. The van der Waals surface area contributed by atoms with Gasteiger partial charge in [0.1, 0.15) is 5.75 Å². The van der Waals surface area contributed by atoms with Crippen molar-refractivity contribution in [2.45, 2.75) is 25.8 Å². The van der Waals surface area contributed by atoms with Gasteiger partial charge < -0.3 is 10.4 Å². The number of thiophene rings is 1. The zero-order chi connectivity index (χ0) is 14.5. The molecule has 0 spiro atoms. The van der Waals surface area contributed by atoms with Crippen LogP contribution in [0.2, 0.25) is 0 Å². The Bertz CT molecular complexity index is 580. The van der Waals surface area contributed by atoms with Crippen molar-refractivity contribution in [3.8, 4) is 5.75 Å². The molecule has 5 heteroatoms. The Morgan fingerprint density at radius 2 is 2.10 bits per heavy atom. The highest BCUT2D eigenvalue weighted by molar-refractivity contribution is 14.1. The molecule has 0 saturated carbocycles. The normalized spacial score (nSPS) is 12.1. The molecule has 3 nitrogen and oxygen atoms in total. The van der Waals surface area contributed by atoms with E-state index in [0.29, 0.717) is 0 Å². The van der Waals surface area contributed by atoms with E-state index in [0.717, 1.165) is 26.9 Å². The molecule has 0 aliphatic heterocycles. The maximum atomic E-state index is 12.0. The first-order valence-electron chi connectivity index (χ1n) is 6.37. The Balaban J connectivity index is 1.82. The van der Waals surface area contributed by atoms with Crippen LogP contribution in [-0.4, -0.2) is 17.1 Å². The highest BCUT2D eigenvalue weighted by Crippen LogP contribution is 2.17. The molecule has 0 aliphatic carbocycles. The standard InChI is InChI=1S/C15H16INO2S/c1-10(2-3-11-4-6-13(18)7-5-11)17-15(19)12-8-14(16)20-9-12/h4-10,18H,2-3H2,1H3,(H,17,19). The van der Waals surface area contributed by atoms with E-state index in [1.807, 2.05) is 30.5 Å². The van der Waals surface area contributed by atoms with E-state index in [2.05, 4.69) is 27.9 Å². The lowest BCUT2D eigenvalue weighted by atomic mass is 10.1. The fraction of sp³-hybridized carbons (Fsp3) is 0.267. The van der Waals surface area contributed by atoms with Crippen LogP contribution in [0.15, 0.2) is 35.7 Å². The lowest BCUT2D eigenvalue weighted by Gasteiger charge is -2.13. The number of carbonyl (C=O) groups excluding carboxylic acids is 1. The highest BCUT2D eigenvalue weighted by atomic mass is 127. The fourth-order valence-electron chi connectivity index (χ4n) is 1.85. The lowest BCUT2D eigenvalue weighted by Crippen LogP contribution is -2.32. The maximum absolute atomic E-state index is 12.0. The quantitative estimate of drug-likeness (QED) is 0.749. The fourth-order valence-corrected chi connectivity index (χ4v) is 3.18. The summed E-state index contributed by atoms with van der Waals surface area (Å²) in [5, 5.41) is 14.1. The Hall–Kier alpha value is -1.08. The topological polar surface area (TPSA) is 49.3 Å². The van der Waals surface area contributed by atoms with E-state index in [1.54, 1.807) is 23.5 Å². The van der Waals surface area contributed by atoms with Gasteiger partial charge in [0.15, 0.2) is 0 Å². The van der Waals surface area contributed by atoms with Gasteiger partial charge in [-0.2, -0.15) is 0 Å². The van der Waals surface area contributed by atoms with Crippen LogP contribution in [0.5, 0.6) is 5.75 Å². The zero-order valence-electron chi connectivity index (χ0n) is 11.1. The molecular weight excluding hydrogens is 385 g/mol. The van der Waals surface area contributed by atoms with Crippen molar-refractivity contribution < 1.29 is 9.90 Å². The predicted molar refractivity (Wildman–Crippen MR) is 90.4 cm³/mol. The second-order valence-corrected chi connectivity index (χ2v) is 7.52. The highest BCUT2D eigenvalue weighted by Gasteiger charge is 2.11. The smallest absolute Gasteiger partial charge is 0.252 e. The van der Waals surface area contributed by atoms with Gasteiger partial charge in [-0.3, -0.25) is 4.79 Å². The first-order chi connectivity index (χ1) is 9.54. The van der Waals surface area contributed by atoms with Crippen molar-refractivity contribution in [1.29, 1.82) is 0 Å². The summed E-state index contributed by atoms with van der Waals surface area (Å²) in [6.45, 7) is 2.01. The van der Waals surface area contributed by atoms with Crippen molar-refractivity contribution >= 4 is 39.8 Å². The van der Waals surface area contributed by atoms with E-state index >= 15 is 0 Å². The largest absolute Gasteiger partial charge is 0.508 e. The Kier molecular flexibility index (Phi) is 5.42. The average Bonchev–Trinajstić information content (AvgIpc) is 2.85. The number of phenolic OH excluding ortho intramolecular Hbond substituents is 1. The summed E-state index contributed by atoms with van der Waals surface area (Å²) < 4.78 is 1.12. The van der Waals surface area contributed by atoms with Crippen LogP contribution in [0.3, 0.4) is 0 Å². The first-order valence-corrected chi connectivity index (χ1v) is 8.33. The third kappa shape index (κ3) is 4.49. The van der Waals surface area contributed by atoms with E-state index in [-0.39, 0.29) is 17.7 Å². The van der Waals surface area contributed by atoms with Gasteiger partial charge in [-0.25, -0.2) is 0 Å². The molecule has 0 bridgehead atoms. The van der Waals surface area contributed by atoms with Crippen LogP contribution < -0.4 is 5.32 Å². The SMILES string of the molecule is CC(CCc1ccc(O)cc1)NC(=O)c1csc(I)c1. The number of benzene rings is 1. The molecule has 0 saturated heterocycles. The monoisotopic (exact) mass is 401 g/mol. The number of hydrogen-bond acceptors (Lipinski definition) is 3. The van der Waals surface area contributed by atoms with Gasteiger partial charge in [-0.15, -0.1) is 11.3 Å². The van der Waals surface area contributed by atoms with E-state index in [9.17, 15) is 9.90 Å². The molecule has 106 valence electrons. The number of rotatable bonds is 5. The van der Waals surface area contributed by atoms with Gasteiger partial charge in [0, 0.05) is 11.4 Å². The summed E-state index contributed by atoms with van der Waals surface area (Å²) in [5.41, 5.74) is 1.89. The van der Waals surface area contributed by atoms with E-state index in [1.165, 1.54) is 0 Å². The molecule has 2 N–H and O–H groups in total. The van der Waals surface area contributed by atoms with Crippen molar-refractivity contribution in [1.82, 2.24) is 5.32 Å². The van der Waals surface area contributed by atoms with Gasteiger partial charge in [0.05, 0.1) is 8.45 Å². The molecule has 1 atom stereocenters. The Morgan fingerprint density at radius 3 is 2.70 bits per heavy atom. The van der Waals surface area contributed by atoms with Gasteiger partial charge in [0.25, 0.3) is 5.91 Å². The summed E-state index contributed by atoms with van der Waals surface area (Å²) in [4.78, 5) is 12.0. The lowest BCUT2D eigenvalue weighted by molar-refractivity contribution is 0.0939. The minimum absolute atomic E-state index is 0.0117. The van der Waals surface area contributed by atoms with Crippen molar-refractivity contribution in [2.75, 3.05) is 0 Å². The molecule has 0 fully saturated rings. The second-order valence-electron chi connectivity index (χ2n) is 4.72. The molecule has 1 aromatic carbocycles. The summed E-state index contributed by atoms with van der Waals surface area (Å²) in [6, 6.07) is 9.20. The number of aryl methyl sites for hydroxylation is 1. The number of halogens is 1. The van der Waals surface area contributed by atoms with Gasteiger partial charge >= 0.3 is 0 Å². The Morgan fingerprint density at radius 1 is 1.40 bits per heavy atom. The van der Waals surface area contributed by atoms with E-state index < -0.39 is 0 Å². The van der Waals surface area contributed by atoms with Gasteiger partial charge in [0.2, 0.25) is 0 Å². The average molecular weight is 401 g/mol. The molecule has 0 radical (unpaired) electrons. The molecule has 2 rings (SSSR count). The molecular formula is C15H16INO2S. The number of phenols is 1. The van der Waals surface area contributed by atoms with Crippen LogP contribution in [0.1, 0.15) is 29.3 Å². The molecule has 1 heterocycles. The molecule has 2 aromatic rings. The number of carbonyl (C=O) groups is 1. The van der Waals surface area contributed by atoms with Crippen LogP contribution >= 0.6 is 33.9 Å².